The number of halogens is 1. The van der Waals surface area contributed by atoms with Crippen LogP contribution >= 0.6 is 7.92 Å². The second kappa shape index (κ2) is 5.09. The topological polar surface area (TPSA) is 0 Å². The summed E-state index contributed by atoms with van der Waals surface area (Å²) in [5.41, 5.74) is 0. The third-order valence-corrected chi connectivity index (χ3v) is 2.84. The fraction of sp³-hybridized carbons (Fsp3) is 0.250. The predicted molar refractivity (Wildman–Crippen MR) is 46.2 cm³/mol. The third-order valence-electron chi connectivity index (χ3n) is 1.35. The summed E-state index contributed by atoms with van der Waals surface area (Å²) in [6.07, 6.45) is 0. The molecule has 0 fully saturated rings. The van der Waals surface area contributed by atoms with Gasteiger partial charge in [0.05, 0.1) is 18.6 Å². The summed E-state index contributed by atoms with van der Waals surface area (Å²) < 4.78 is 0. The lowest BCUT2D eigenvalue weighted by Crippen LogP contribution is -3.00. The maximum atomic E-state index is 2.31. The minimum absolute atomic E-state index is 0. The Hall–Kier alpha value is 0.380. The molecular formula is C8H12IP. The lowest BCUT2D eigenvalue weighted by atomic mass is 10.4. The highest BCUT2D eigenvalue weighted by Crippen LogP contribution is 2.22. The summed E-state index contributed by atoms with van der Waals surface area (Å²) in [6, 6.07) is 10.7. The van der Waals surface area contributed by atoms with Crippen molar-refractivity contribution in [2.75, 3.05) is 13.3 Å². The summed E-state index contributed by atoms with van der Waals surface area (Å²) in [4.78, 5) is 0. The monoisotopic (exact) mass is 266 g/mol. The van der Waals surface area contributed by atoms with Crippen LogP contribution in [0, 0.1) is 0 Å². The molecule has 0 radical (unpaired) electrons. The molecule has 2 heteroatoms. The Kier molecular flexibility index (Phi) is 5.28. The van der Waals surface area contributed by atoms with Gasteiger partial charge in [0.1, 0.15) is 0 Å². The van der Waals surface area contributed by atoms with Crippen molar-refractivity contribution in [1.82, 2.24) is 0 Å². The SMILES string of the molecule is C[PH+](C)c1ccccc1.[I-]. The van der Waals surface area contributed by atoms with E-state index in [-0.39, 0.29) is 31.9 Å². The maximum Gasteiger partial charge on any atom is 0.0908 e. The van der Waals surface area contributed by atoms with Gasteiger partial charge in [-0.1, -0.05) is 18.2 Å². The molecule has 0 atom stereocenters. The van der Waals surface area contributed by atoms with Crippen molar-refractivity contribution in [3.8, 4) is 0 Å². The third kappa shape index (κ3) is 2.98. The fourth-order valence-corrected chi connectivity index (χ4v) is 1.63. The molecule has 1 rings (SSSR count). The van der Waals surface area contributed by atoms with Crippen molar-refractivity contribution in [3.63, 3.8) is 0 Å². The zero-order valence-electron chi connectivity index (χ0n) is 6.26. The smallest absolute Gasteiger partial charge is 0.0908 e. The highest BCUT2D eigenvalue weighted by atomic mass is 127. The van der Waals surface area contributed by atoms with Crippen LogP contribution in [0.2, 0.25) is 0 Å². The minimum Gasteiger partial charge on any atom is -1.00 e. The number of hydrogen-bond donors (Lipinski definition) is 0. The van der Waals surface area contributed by atoms with Gasteiger partial charge in [-0.25, -0.2) is 0 Å². The van der Waals surface area contributed by atoms with Gasteiger partial charge in [-0.2, -0.15) is 0 Å². The van der Waals surface area contributed by atoms with E-state index in [1.165, 1.54) is 5.30 Å². The van der Waals surface area contributed by atoms with Crippen LogP contribution in [0.4, 0.5) is 0 Å². The lowest BCUT2D eigenvalue weighted by Gasteiger charge is -1.94. The zero-order chi connectivity index (χ0) is 6.69. The van der Waals surface area contributed by atoms with Crippen molar-refractivity contribution in [2.45, 2.75) is 0 Å². The van der Waals surface area contributed by atoms with Crippen LogP contribution in [0.15, 0.2) is 30.3 Å². The molecule has 0 bridgehead atoms. The molecule has 0 nitrogen and oxygen atoms in total. The Labute approximate surface area is 80.8 Å². The van der Waals surface area contributed by atoms with Gasteiger partial charge in [-0.15, -0.1) is 0 Å². The Balaban J connectivity index is 0.000000810. The summed E-state index contributed by atoms with van der Waals surface area (Å²) in [5, 5.41) is 1.52. The second-order valence-electron chi connectivity index (χ2n) is 2.37. The number of hydrogen-bond acceptors (Lipinski definition) is 0. The first-order valence-corrected chi connectivity index (χ1v) is 5.66. The van der Waals surface area contributed by atoms with E-state index in [2.05, 4.69) is 43.7 Å². The summed E-state index contributed by atoms with van der Waals surface area (Å²) in [7, 11) is -0.212. The number of benzene rings is 1. The first kappa shape index (κ1) is 10.4. The molecule has 0 aliphatic heterocycles. The van der Waals surface area contributed by atoms with E-state index in [1.54, 1.807) is 0 Å². The Morgan fingerprint density at radius 1 is 1.00 bits per heavy atom. The molecule has 0 aromatic heterocycles. The van der Waals surface area contributed by atoms with Gasteiger partial charge in [0.15, 0.2) is 0 Å². The first-order chi connectivity index (χ1) is 4.30. The highest BCUT2D eigenvalue weighted by Gasteiger charge is 2.01. The molecule has 0 amide bonds. The van der Waals surface area contributed by atoms with Crippen molar-refractivity contribution in [2.24, 2.45) is 0 Å². The van der Waals surface area contributed by atoms with Crippen LogP contribution in [0.5, 0.6) is 0 Å². The largest absolute Gasteiger partial charge is 1.00 e. The number of rotatable bonds is 1. The van der Waals surface area contributed by atoms with E-state index >= 15 is 0 Å². The molecule has 0 aliphatic carbocycles. The molecule has 0 heterocycles. The summed E-state index contributed by atoms with van der Waals surface area (Å²) >= 11 is 0. The maximum absolute atomic E-state index is 2.31. The average molecular weight is 266 g/mol. The van der Waals surface area contributed by atoms with Gasteiger partial charge in [0, 0.05) is 7.92 Å². The molecule has 0 spiro atoms. The van der Waals surface area contributed by atoms with Gasteiger partial charge in [0.2, 0.25) is 0 Å². The van der Waals surface area contributed by atoms with Gasteiger partial charge < -0.3 is 24.0 Å². The second-order valence-corrected chi connectivity index (χ2v) is 4.94. The molecule has 10 heavy (non-hydrogen) atoms. The first-order valence-electron chi connectivity index (χ1n) is 3.16. The van der Waals surface area contributed by atoms with E-state index in [4.69, 9.17) is 0 Å². The van der Waals surface area contributed by atoms with Gasteiger partial charge in [-0.05, 0) is 12.1 Å². The zero-order valence-corrected chi connectivity index (χ0v) is 9.42. The van der Waals surface area contributed by atoms with E-state index in [0.717, 1.165) is 0 Å². The van der Waals surface area contributed by atoms with Crippen LogP contribution < -0.4 is 29.3 Å². The van der Waals surface area contributed by atoms with E-state index < -0.39 is 0 Å². The molecule has 0 N–H and O–H groups in total. The normalized spacial score (nSPS) is 9.10. The molecule has 0 unspecified atom stereocenters. The Morgan fingerprint density at radius 3 is 1.80 bits per heavy atom. The molecule has 0 saturated heterocycles. The van der Waals surface area contributed by atoms with Crippen LogP contribution in [0.1, 0.15) is 0 Å². The lowest BCUT2D eigenvalue weighted by molar-refractivity contribution is -0.00000191. The quantitative estimate of drug-likeness (QED) is 0.442. The van der Waals surface area contributed by atoms with E-state index in [9.17, 15) is 0 Å². The standard InChI is InChI=1S/C8H11P.HI/c1-9(2)8-6-4-3-5-7-8;/h3-7H,1-2H3;1H. The van der Waals surface area contributed by atoms with Crippen LogP contribution in [0.25, 0.3) is 0 Å². The molecule has 0 saturated carbocycles. The van der Waals surface area contributed by atoms with Crippen molar-refractivity contribution in [1.29, 1.82) is 0 Å². The van der Waals surface area contributed by atoms with Crippen LogP contribution in [-0.4, -0.2) is 13.3 Å². The van der Waals surface area contributed by atoms with Crippen molar-refractivity contribution < 1.29 is 24.0 Å². The predicted octanol–water partition coefficient (Wildman–Crippen LogP) is -1.21. The summed E-state index contributed by atoms with van der Waals surface area (Å²) in [5.74, 6) is 0. The van der Waals surface area contributed by atoms with Crippen LogP contribution in [-0.2, 0) is 0 Å². The van der Waals surface area contributed by atoms with Gasteiger partial charge >= 0.3 is 0 Å². The molecule has 1 aromatic rings. The summed E-state index contributed by atoms with van der Waals surface area (Å²) in [6.45, 7) is 4.61. The van der Waals surface area contributed by atoms with Crippen molar-refractivity contribution in [3.05, 3.63) is 30.3 Å². The van der Waals surface area contributed by atoms with Crippen LogP contribution in [0.3, 0.4) is 0 Å². The Bertz CT molecular complexity index is 172. The fourth-order valence-electron chi connectivity index (χ4n) is 0.771. The highest BCUT2D eigenvalue weighted by molar-refractivity contribution is 7.64. The molecule has 1 aromatic carbocycles. The molecular weight excluding hydrogens is 254 g/mol. The van der Waals surface area contributed by atoms with E-state index in [0.29, 0.717) is 0 Å². The minimum atomic E-state index is -0.212. The van der Waals surface area contributed by atoms with Gasteiger partial charge in [-0.3, -0.25) is 0 Å². The molecule has 0 aliphatic rings. The van der Waals surface area contributed by atoms with Gasteiger partial charge in [0.25, 0.3) is 0 Å². The van der Waals surface area contributed by atoms with E-state index in [1.807, 2.05) is 0 Å². The Morgan fingerprint density at radius 2 is 1.50 bits per heavy atom. The average Bonchev–Trinajstić information content (AvgIpc) is 1.90. The van der Waals surface area contributed by atoms with Crippen molar-refractivity contribution >= 4 is 13.2 Å². The molecule has 56 valence electrons.